The molecule has 0 saturated carbocycles. The third kappa shape index (κ3) is 4.25. The summed E-state index contributed by atoms with van der Waals surface area (Å²) in [7, 11) is 0. The largest absolute Gasteiger partial charge is 0.444 e. The number of likely N-dealkylation sites (tertiary alicyclic amines) is 1. The molecule has 0 radical (unpaired) electrons. The van der Waals surface area contributed by atoms with Crippen LogP contribution in [0.2, 0.25) is 0 Å². The maximum Gasteiger partial charge on any atom is 0.407 e. The van der Waals surface area contributed by atoms with Gasteiger partial charge in [0.2, 0.25) is 5.91 Å². The molecule has 7 heteroatoms. The molecule has 0 aromatic heterocycles. The van der Waals surface area contributed by atoms with Crippen LogP contribution in [0.15, 0.2) is 35.7 Å². The van der Waals surface area contributed by atoms with E-state index < -0.39 is 5.60 Å². The minimum absolute atomic E-state index is 0.0189. The Hall–Kier alpha value is -2.15. The lowest BCUT2D eigenvalue weighted by molar-refractivity contribution is -0.127. The average molecular weight is 403 g/mol. The topological polar surface area (TPSA) is 61.9 Å². The van der Waals surface area contributed by atoms with Crippen LogP contribution in [0.3, 0.4) is 0 Å². The zero-order valence-corrected chi connectivity index (χ0v) is 17.4. The predicted octanol–water partition coefficient (Wildman–Crippen LogP) is 2.78. The minimum atomic E-state index is -0.504. The number of rotatable bonds is 3. The quantitative estimate of drug-likeness (QED) is 0.787. The fraction of sp³-hybridized carbons (Fsp3) is 0.636. The maximum atomic E-state index is 14.7. The van der Waals surface area contributed by atoms with E-state index in [1.807, 2.05) is 37.8 Å². The monoisotopic (exact) mass is 403 g/mol. The molecule has 3 heterocycles. The second-order valence-corrected chi connectivity index (χ2v) is 9.45. The molecule has 3 aliphatic heterocycles. The fourth-order valence-corrected chi connectivity index (χ4v) is 4.89. The number of carbonyl (C=O) groups excluding carboxylic acids is 2. The van der Waals surface area contributed by atoms with E-state index in [0.717, 1.165) is 38.0 Å². The van der Waals surface area contributed by atoms with E-state index in [1.165, 1.54) is 0 Å². The molecule has 0 aromatic rings. The van der Waals surface area contributed by atoms with Gasteiger partial charge in [-0.3, -0.25) is 4.79 Å². The van der Waals surface area contributed by atoms with E-state index in [-0.39, 0.29) is 41.7 Å². The molecular weight excluding hydrogens is 373 g/mol. The van der Waals surface area contributed by atoms with Crippen molar-refractivity contribution in [3.63, 3.8) is 0 Å². The summed E-state index contributed by atoms with van der Waals surface area (Å²) in [5.41, 5.74) is 0.277. The van der Waals surface area contributed by atoms with Gasteiger partial charge < -0.3 is 19.9 Å². The van der Waals surface area contributed by atoms with Gasteiger partial charge in [0.25, 0.3) is 0 Å². The molecule has 6 nitrogen and oxygen atoms in total. The Morgan fingerprint density at radius 2 is 1.93 bits per heavy atom. The third-order valence-corrected chi connectivity index (χ3v) is 6.15. The molecule has 29 heavy (non-hydrogen) atoms. The van der Waals surface area contributed by atoms with Crippen LogP contribution >= 0.6 is 0 Å². The van der Waals surface area contributed by atoms with Crippen LogP contribution in [0.4, 0.5) is 9.18 Å². The van der Waals surface area contributed by atoms with Crippen LogP contribution < -0.4 is 5.32 Å². The molecular formula is C22H30FN3O3. The number of hydrogen-bond acceptors (Lipinski definition) is 4. The van der Waals surface area contributed by atoms with Crippen LogP contribution in [0.1, 0.15) is 33.6 Å². The first-order valence-electron chi connectivity index (χ1n) is 10.5. The number of allylic oxidation sites excluding steroid dienone is 2. The number of piperidine rings is 1. The number of hydrogen-bond donors (Lipinski definition) is 1. The van der Waals surface area contributed by atoms with Crippen LogP contribution in [0, 0.1) is 11.8 Å². The Labute approximate surface area is 171 Å². The van der Waals surface area contributed by atoms with Crippen LogP contribution in [0.5, 0.6) is 0 Å². The zero-order valence-electron chi connectivity index (χ0n) is 17.4. The number of amides is 2. The van der Waals surface area contributed by atoms with Gasteiger partial charge in [-0.05, 0) is 51.3 Å². The summed E-state index contributed by atoms with van der Waals surface area (Å²) < 4.78 is 20.0. The Morgan fingerprint density at radius 3 is 2.62 bits per heavy atom. The van der Waals surface area contributed by atoms with Crippen molar-refractivity contribution >= 4 is 12.0 Å². The normalized spacial score (nSPS) is 30.0. The van der Waals surface area contributed by atoms with Crippen LogP contribution in [0.25, 0.3) is 0 Å². The van der Waals surface area contributed by atoms with Crippen LogP contribution in [-0.4, -0.2) is 65.7 Å². The lowest BCUT2D eigenvalue weighted by Gasteiger charge is -2.35. The van der Waals surface area contributed by atoms with Gasteiger partial charge in [-0.25, -0.2) is 9.18 Å². The second kappa shape index (κ2) is 7.59. The summed E-state index contributed by atoms with van der Waals surface area (Å²) in [5, 5.41) is 2.95. The van der Waals surface area contributed by atoms with Crippen molar-refractivity contribution < 1.29 is 18.7 Å². The number of halogens is 1. The molecule has 1 N–H and O–H groups in total. The Morgan fingerprint density at radius 1 is 1.24 bits per heavy atom. The lowest BCUT2D eigenvalue weighted by atomic mass is 9.83. The maximum absolute atomic E-state index is 14.7. The third-order valence-electron chi connectivity index (χ3n) is 6.15. The molecule has 0 spiro atoms. The highest BCUT2D eigenvalue weighted by atomic mass is 19.1. The molecule has 2 amide bonds. The summed E-state index contributed by atoms with van der Waals surface area (Å²) in [4.78, 5) is 28.4. The lowest BCUT2D eigenvalue weighted by Crippen LogP contribution is -2.47. The zero-order chi connectivity index (χ0) is 20.8. The van der Waals surface area contributed by atoms with Gasteiger partial charge in [0.1, 0.15) is 11.4 Å². The molecule has 2 saturated heterocycles. The number of alkyl carbamates (subject to hydrolysis) is 1. The molecule has 4 aliphatic rings. The number of nitrogens with one attached hydrogen (secondary N) is 1. The van der Waals surface area contributed by atoms with Gasteiger partial charge in [0, 0.05) is 44.1 Å². The smallest absolute Gasteiger partial charge is 0.407 e. The van der Waals surface area contributed by atoms with E-state index in [9.17, 15) is 14.0 Å². The highest BCUT2D eigenvalue weighted by Crippen LogP contribution is 2.42. The molecule has 158 valence electrons. The van der Waals surface area contributed by atoms with Gasteiger partial charge in [-0.1, -0.05) is 12.2 Å². The number of ether oxygens (including phenoxy) is 1. The van der Waals surface area contributed by atoms with E-state index in [0.29, 0.717) is 6.54 Å². The van der Waals surface area contributed by atoms with Crippen molar-refractivity contribution in [3.8, 4) is 0 Å². The highest BCUT2D eigenvalue weighted by molar-refractivity contribution is 5.90. The number of carbonyl (C=O) groups is 2. The van der Waals surface area contributed by atoms with E-state index in [4.69, 9.17) is 4.74 Å². The Balaban J connectivity index is 1.34. The van der Waals surface area contributed by atoms with Crippen molar-refractivity contribution in [2.45, 2.75) is 51.3 Å². The van der Waals surface area contributed by atoms with Gasteiger partial charge in [-0.2, -0.15) is 0 Å². The highest BCUT2D eigenvalue weighted by Gasteiger charge is 2.47. The summed E-state index contributed by atoms with van der Waals surface area (Å²) in [5.74, 6) is -0.0967. The minimum Gasteiger partial charge on any atom is -0.444 e. The molecule has 0 aromatic carbocycles. The summed E-state index contributed by atoms with van der Waals surface area (Å²) in [6, 6.07) is -0.0615. The molecule has 2 fully saturated rings. The standard InChI is InChI=1S/C22H30FN3O3/c1-22(2,3)29-21(28)24-16-8-10-25(11-9-16)12-15-13-26-18(27)7-5-14-4-6-17(23)19(15)20(14)26/h4-7,14-16,20H,8-13H2,1-3H3,(H,24,28). The molecule has 3 unspecified atom stereocenters. The molecule has 3 atom stereocenters. The van der Waals surface area contributed by atoms with Crippen molar-refractivity contribution in [2.75, 3.05) is 26.2 Å². The Kier molecular flexibility index (Phi) is 5.27. The fourth-order valence-electron chi connectivity index (χ4n) is 4.89. The second-order valence-electron chi connectivity index (χ2n) is 9.45. The molecule has 0 bridgehead atoms. The van der Waals surface area contributed by atoms with Gasteiger partial charge in [0.05, 0.1) is 6.04 Å². The summed E-state index contributed by atoms with van der Waals surface area (Å²) in [6.07, 6.45) is 8.22. The van der Waals surface area contributed by atoms with Gasteiger partial charge in [-0.15, -0.1) is 0 Å². The molecule has 4 rings (SSSR count). The SMILES string of the molecule is CC(C)(C)OC(=O)NC1CCN(CC2CN3C(=O)C=CC4C=CC(F)=C2C43)CC1. The summed E-state index contributed by atoms with van der Waals surface area (Å²) >= 11 is 0. The first-order valence-corrected chi connectivity index (χ1v) is 10.5. The van der Waals surface area contributed by atoms with Crippen molar-refractivity contribution in [1.29, 1.82) is 0 Å². The van der Waals surface area contributed by atoms with E-state index >= 15 is 0 Å². The Bertz CT molecular complexity index is 775. The van der Waals surface area contributed by atoms with E-state index in [2.05, 4.69) is 10.2 Å². The van der Waals surface area contributed by atoms with Crippen molar-refractivity contribution in [1.82, 2.24) is 15.1 Å². The first kappa shape index (κ1) is 20.1. The first-order chi connectivity index (χ1) is 13.7. The van der Waals surface area contributed by atoms with Gasteiger partial charge in [0.15, 0.2) is 0 Å². The van der Waals surface area contributed by atoms with E-state index in [1.54, 1.807) is 12.2 Å². The predicted molar refractivity (Wildman–Crippen MR) is 108 cm³/mol. The van der Waals surface area contributed by atoms with Crippen molar-refractivity contribution in [3.05, 3.63) is 35.7 Å². The van der Waals surface area contributed by atoms with Gasteiger partial charge >= 0.3 is 6.09 Å². The summed E-state index contributed by atoms with van der Waals surface area (Å²) in [6.45, 7) is 8.54. The molecule has 1 aliphatic carbocycles. The van der Waals surface area contributed by atoms with Crippen molar-refractivity contribution in [2.24, 2.45) is 11.8 Å². The average Bonchev–Trinajstić information content (AvgIpc) is 3.01. The van der Waals surface area contributed by atoms with Crippen LogP contribution in [-0.2, 0) is 9.53 Å². The number of nitrogens with zero attached hydrogens (tertiary/aromatic N) is 2.